The maximum absolute atomic E-state index is 14.8. The number of hydrogen-bond acceptors (Lipinski definition) is 6. The number of fused-ring (bicyclic) bond motifs is 2. The molecule has 10 aliphatic rings. The molecule has 0 aromatic heterocycles. The highest BCUT2D eigenvalue weighted by atomic mass is 16.6. The van der Waals surface area contributed by atoms with E-state index in [4.69, 9.17) is 9.47 Å². The number of hydrogen-bond donors (Lipinski definition) is 0. The fraction of sp³-hybridized carbons (Fsp3) is 0.867. The summed E-state index contributed by atoms with van der Waals surface area (Å²) in [6.45, 7) is 12.9. The maximum Gasteiger partial charge on any atom is 0.309 e. The Hall–Kier alpha value is -1.72. The summed E-state index contributed by atoms with van der Waals surface area (Å²) >= 11 is 0. The lowest BCUT2D eigenvalue weighted by molar-refractivity contribution is -0.547. The quantitative estimate of drug-likeness (QED) is 0.481. The molecular weight excluding hydrogens is 456 g/mol. The van der Waals surface area contributed by atoms with E-state index in [2.05, 4.69) is 27.7 Å². The summed E-state index contributed by atoms with van der Waals surface area (Å²) in [6, 6.07) is 0. The van der Waals surface area contributed by atoms with Gasteiger partial charge in [-0.2, -0.15) is 0 Å². The van der Waals surface area contributed by atoms with Crippen molar-refractivity contribution in [1.29, 1.82) is 0 Å². The molecule has 16 atom stereocenters. The minimum absolute atomic E-state index is 0.0448. The highest BCUT2D eigenvalue weighted by molar-refractivity contribution is 6.16. The van der Waals surface area contributed by atoms with Crippen LogP contribution in [0.1, 0.15) is 67.2 Å². The van der Waals surface area contributed by atoms with Crippen molar-refractivity contribution >= 4 is 23.5 Å². The van der Waals surface area contributed by atoms with E-state index in [1.807, 2.05) is 13.8 Å². The normalized spacial score (nSPS) is 70.3. The van der Waals surface area contributed by atoms with Crippen LogP contribution in [0.15, 0.2) is 0 Å². The molecule has 0 N–H and O–H groups in total. The van der Waals surface area contributed by atoms with E-state index in [-0.39, 0.29) is 83.1 Å². The van der Waals surface area contributed by atoms with E-state index in [9.17, 15) is 19.2 Å². The first-order chi connectivity index (χ1) is 16.9. The van der Waals surface area contributed by atoms with Crippen LogP contribution in [-0.2, 0) is 28.7 Å². The number of esters is 2. The number of ketones is 2. The molecule has 2 aliphatic heterocycles. The third kappa shape index (κ3) is 1.18. The standard InChI is InChI=1S/C30H36O6/c1-11-7-9-15-13(3)23(33)35-21(15)29-26(6)19(31)17-18-20(32)25(5,27(11,17)29)30(29)22-16(14(4)24(34)36-22)10-8-12(2)28(18,26)30/h11-18,21-22H,7-10H2,1-6H3/t11-,12-,13-,14-,15-,16-,17-,18-,21-,22-,25-,26-,27+,28+,29+,30+/m0/s1. The second-order valence-corrected chi connectivity index (χ2v) is 14.9. The lowest BCUT2D eigenvalue weighted by atomic mass is 9.04. The Balaban J connectivity index is 1.46. The summed E-state index contributed by atoms with van der Waals surface area (Å²) in [4.78, 5) is 55.9. The molecule has 2 saturated heterocycles. The van der Waals surface area contributed by atoms with Crippen molar-refractivity contribution < 1.29 is 28.7 Å². The van der Waals surface area contributed by atoms with Gasteiger partial charge in [0.1, 0.15) is 23.8 Å². The van der Waals surface area contributed by atoms with Crippen molar-refractivity contribution in [1.82, 2.24) is 0 Å². The molecule has 4 bridgehead atoms. The Bertz CT molecular complexity index is 1180. The van der Waals surface area contributed by atoms with Crippen LogP contribution in [0.2, 0.25) is 0 Å². The zero-order chi connectivity index (χ0) is 25.3. The van der Waals surface area contributed by atoms with Crippen molar-refractivity contribution in [3.05, 3.63) is 0 Å². The smallest absolute Gasteiger partial charge is 0.309 e. The van der Waals surface area contributed by atoms with Crippen LogP contribution in [-0.4, -0.2) is 35.7 Å². The molecule has 2 heterocycles. The van der Waals surface area contributed by atoms with Crippen molar-refractivity contribution in [2.75, 3.05) is 0 Å². The zero-order valence-corrected chi connectivity index (χ0v) is 22.1. The third-order valence-corrected chi connectivity index (χ3v) is 15.6. The molecule has 6 nitrogen and oxygen atoms in total. The van der Waals surface area contributed by atoms with Crippen LogP contribution in [0.4, 0.5) is 0 Å². The summed E-state index contributed by atoms with van der Waals surface area (Å²) in [5, 5.41) is 0. The van der Waals surface area contributed by atoms with Gasteiger partial charge in [0.25, 0.3) is 0 Å². The van der Waals surface area contributed by atoms with E-state index < -0.39 is 32.5 Å². The number of carbonyl (C=O) groups is 4. The molecular formula is C30H36O6. The lowest BCUT2D eigenvalue weighted by Gasteiger charge is -2.96. The predicted octanol–water partition coefficient (Wildman–Crippen LogP) is 3.60. The predicted molar refractivity (Wildman–Crippen MR) is 125 cm³/mol. The van der Waals surface area contributed by atoms with Gasteiger partial charge in [-0.15, -0.1) is 0 Å². The largest absolute Gasteiger partial charge is 0.461 e. The first-order valence-electron chi connectivity index (χ1n) is 14.4. The van der Waals surface area contributed by atoms with Gasteiger partial charge in [0.2, 0.25) is 0 Å². The van der Waals surface area contributed by atoms with E-state index in [1.54, 1.807) is 0 Å². The van der Waals surface area contributed by atoms with Crippen molar-refractivity contribution in [3.8, 4) is 0 Å². The molecule has 0 aromatic carbocycles. The fourth-order valence-corrected chi connectivity index (χ4v) is 15.7. The van der Waals surface area contributed by atoms with Crippen LogP contribution in [0.3, 0.4) is 0 Å². The van der Waals surface area contributed by atoms with Gasteiger partial charge in [-0.1, -0.05) is 41.5 Å². The number of Topliss-reactive ketones (excluding diaryl/α,β-unsaturated/α-hetero) is 2. The van der Waals surface area contributed by atoms with Gasteiger partial charge in [-0.25, -0.2) is 0 Å². The summed E-state index contributed by atoms with van der Waals surface area (Å²) < 4.78 is 12.9. The maximum atomic E-state index is 14.8. The first kappa shape index (κ1) is 21.2. The van der Waals surface area contributed by atoms with E-state index in [0.717, 1.165) is 25.7 Å². The van der Waals surface area contributed by atoms with E-state index in [0.29, 0.717) is 0 Å². The van der Waals surface area contributed by atoms with Crippen molar-refractivity contribution in [3.63, 3.8) is 0 Å². The molecule has 0 aromatic rings. The van der Waals surface area contributed by atoms with E-state index >= 15 is 0 Å². The summed E-state index contributed by atoms with van der Waals surface area (Å²) in [5.41, 5.74) is -3.71. The van der Waals surface area contributed by atoms with Crippen LogP contribution in [0, 0.1) is 79.8 Å². The van der Waals surface area contributed by atoms with Crippen molar-refractivity contribution in [2.45, 2.75) is 79.4 Å². The highest BCUT2D eigenvalue weighted by Crippen LogP contribution is 3.16. The molecule has 36 heavy (non-hydrogen) atoms. The topological polar surface area (TPSA) is 86.7 Å². The number of rotatable bonds is 0. The van der Waals surface area contributed by atoms with E-state index in [1.165, 1.54) is 0 Å². The Morgan fingerprint density at radius 2 is 0.972 bits per heavy atom. The van der Waals surface area contributed by atoms with Gasteiger partial charge in [0, 0.05) is 56.2 Å². The zero-order valence-electron chi connectivity index (χ0n) is 22.1. The van der Waals surface area contributed by atoms with Crippen LogP contribution in [0.25, 0.3) is 0 Å². The Kier molecular flexibility index (Phi) is 3.02. The molecule has 192 valence electrons. The monoisotopic (exact) mass is 492 g/mol. The summed E-state index contributed by atoms with van der Waals surface area (Å²) in [6.07, 6.45) is 2.83. The third-order valence-electron chi connectivity index (χ3n) is 15.6. The summed E-state index contributed by atoms with van der Waals surface area (Å²) in [7, 11) is 0. The second-order valence-electron chi connectivity index (χ2n) is 14.9. The van der Waals surface area contributed by atoms with Gasteiger partial charge in [0.05, 0.1) is 11.8 Å². The molecule has 0 unspecified atom stereocenters. The molecule has 10 rings (SSSR count). The van der Waals surface area contributed by atoms with Crippen LogP contribution in [0.5, 0.6) is 0 Å². The molecule has 10 fully saturated rings. The first-order valence-corrected chi connectivity index (χ1v) is 14.4. The van der Waals surface area contributed by atoms with Gasteiger partial charge < -0.3 is 9.47 Å². The SMILES string of the molecule is C[C@@H]1C(=O)O[C@H]2[C@H]1CC[C@H](C)[C@@]13[C@@H]4C(=O)[C@@]5(C)[C@@]67[C@@H]4C(=O)[C@]1(C)[C@@]6([C@H]1OC(=O)[C@@H](C)[C@@H]1CC[C@@H]7C)[C@]253. The Morgan fingerprint density at radius 3 is 1.33 bits per heavy atom. The fourth-order valence-electron chi connectivity index (χ4n) is 15.7. The number of carbonyl (C=O) groups excluding carboxylic acids is 4. The van der Waals surface area contributed by atoms with Crippen LogP contribution < -0.4 is 0 Å². The average molecular weight is 493 g/mol. The van der Waals surface area contributed by atoms with Gasteiger partial charge in [-0.05, 0) is 37.5 Å². The summed E-state index contributed by atoms with van der Waals surface area (Å²) in [5.74, 6) is -0.310. The Labute approximate surface area is 211 Å². The highest BCUT2D eigenvalue weighted by Gasteiger charge is 3.22. The molecule has 4 spiro atoms. The minimum Gasteiger partial charge on any atom is -0.461 e. The number of ether oxygens (including phenoxy) is 2. The molecule has 8 saturated carbocycles. The van der Waals surface area contributed by atoms with Crippen LogP contribution >= 0.6 is 0 Å². The Morgan fingerprint density at radius 1 is 0.611 bits per heavy atom. The second kappa shape index (κ2) is 5.12. The minimum atomic E-state index is -0.723. The van der Waals surface area contributed by atoms with Gasteiger partial charge >= 0.3 is 11.9 Å². The lowest BCUT2D eigenvalue weighted by Crippen LogP contribution is -3.00. The molecule has 6 heteroatoms. The van der Waals surface area contributed by atoms with Gasteiger partial charge in [-0.3, -0.25) is 19.2 Å². The molecule has 0 amide bonds. The van der Waals surface area contributed by atoms with Gasteiger partial charge in [0.15, 0.2) is 0 Å². The molecule has 8 aliphatic carbocycles. The van der Waals surface area contributed by atoms with Crippen molar-refractivity contribution in [2.24, 2.45) is 79.8 Å². The molecule has 0 radical (unpaired) electrons. The average Bonchev–Trinajstić information content (AvgIpc) is 3.40.